The van der Waals surface area contributed by atoms with E-state index in [9.17, 15) is 4.79 Å². The minimum atomic E-state index is -0.273. The fraction of sp³-hybridized carbons (Fsp3) is 0.125. The zero-order valence-electron chi connectivity index (χ0n) is 11.9. The van der Waals surface area contributed by atoms with Gasteiger partial charge in [0.2, 0.25) is 0 Å². The maximum absolute atomic E-state index is 12.1. The van der Waals surface area contributed by atoms with Crippen LogP contribution in [0.25, 0.3) is 10.2 Å². The summed E-state index contributed by atoms with van der Waals surface area (Å²) in [7, 11) is 1.85. The third-order valence-electron chi connectivity index (χ3n) is 3.28. The molecule has 0 bridgehead atoms. The standard InChI is InChI=1S/C16H12N4OS/c1-20(12-6-4-11(5-7-12)8-9-17)16-19-14(21)13-3-2-10-18-15(13)22-16/h2-7,10H,8H2,1H3. The van der Waals surface area contributed by atoms with Gasteiger partial charge < -0.3 is 4.90 Å². The van der Waals surface area contributed by atoms with Crippen LogP contribution >= 0.6 is 11.3 Å². The van der Waals surface area contributed by atoms with Gasteiger partial charge in [0.1, 0.15) is 4.83 Å². The lowest BCUT2D eigenvalue weighted by Gasteiger charge is -2.17. The highest BCUT2D eigenvalue weighted by molar-refractivity contribution is 7.21. The van der Waals surface area contributed by atoms with Gasteiger partial charge in [0.25, 0.3) is 5.56 Å². The highest BCUT2D eigenvalue weighted by Crippen LogP contribution is 2.27. The second kappa shape index (κ2) is 5.92. The van der Waals surface area contributed by atoms with E-state index in [4.69, 9.17) is 5.26 Å². The molecule has 22 heavy (non-hydrogen) atoms. The third-order valence-corrected chi connectivity index (χ3v) is 4.35. The Kier molecular flexibility index (Phi) is 3.81. The van der Waals surface area contributed by atoms with E-state index in [1.807, 2.05) is 36.2 Å². The summed E-state index contributed by atoms with van der Waals surface area (Å²) in [6.07, 6.45) is 2.05. The van der Waals surface area contributed by atoms with Crippen LogP contribution in [-0.2, 0) is 6.42 Å². The number of anilines is 2. The maximum atomic E-state index is 12.1. The van der Waals surface area contributed by atoms with Crippen molar-refractivity contribution in [2.45, 2.75) is 6.42 Å². The molecule has 1 aromatic carbocycles. The van der Waals surface area contributed by atoms with Gasteiger partial charge in [-0.3, -0.25) is 4.79 Å². The maximum Gasteiger partial charge on any atom is 0.282 e. The summed E-state index contributed by atoms with van der Waals surface area (Å²) in [6, 6.07) is 13.2. The number of nitrogens with zero attached hydrogens (tertiary/aromatic N) is 4. The van der Waals surface area contributed by atoms with Crippen LogP contribution in [0.3, 0.4) is 0 Å². The number of rotatable bonds is 3. The van der Waals surface area contributed by atoms with E-state index >= 15 is 0 Å². The van der Waals surface area contributed by atoms with Crippen LogP contribution < -0.4 is 10.5 Å². The van der Waals surface area contributed by atoms with Gasteiger partial charge in [0, 0.05) is 18.9 Å². The Morgan fingerprint density at radius 2 is 2.05 bits per heavy atom. The van der Waals surface area contributed by atoms with E-state index in [1.165, 1.54) is 11.3 Å². The molecule has 3 rings (SSSR count). The second-order valence-corrected chi connectivity index (χ2v) is 5.67. The van der Waals surface area contributed by atoms with Crippen molar-refractivity contribution in [2.24, 2.45) is 0 Å². The Hall–Kier alpha value is -2.78. The molecule has 0 atom stereocenters. The summed E-state index contributed by atoms with van der Waals surface area (Å²) < 4.78 is 0. The minimum absolute atomic E-state index is 0.273. The highest BCUT2D eigenvalue weighted by atomic mass is 32.1. The van der Waals surface area contributed by atoms with E-state index in [2.05, 4.69) is 16.0 Å². The lowest BCUT2D eigenvalue weighted by atomic mass is 10.1. The molecule has 6 heteroatoms. The smallest absolute Gasteiger partial charge is 0.282 e. The molecule has 0 radical (unpaired) electrons. The van der Waals surface area contributed by atoms with Gasteiger partial charge in [-0.1, -0.05) is 23.5 Å². The summed E-state index contributed by atoms with van der Waals surface area (Å²) in [4.78, 5) is 22.9. The van der Waals surface area contributed by atoms with Crippen LogP contribution in [0.4, 0.5) is 10.8 Å². The number of hydrogen-bond donors (Lipinski definition) is 0. The average molecular weight is 308 g/mol. The SMILES string of the molecule is CN(c1ccc(CC#N)cc1)c1nc(=O)c2cccnc2s1. The molecule has 3 aromatic rings. The molecule has 0 spiro atoms. The predicted octanol–water partition coefficient (Wildman–Crippen LogP) is 2.89. The fourth-order valence-corrected chi connectivity index (χ4v) is 3.00. The Morgan fingerprint density at radius 1 is 1.27 bits per heavy atom. The van der Waals surface area contributed by atoms with E-state index < -0.39 is 0 Å². The molecule has 0 saturated heterocycles. The second-order valence-electron chi connectivity index (χ2n) is 4.72. The first kappa shape index (κ1) is 14.2. The lowest BCUT2D eigenvalue weighted by Crippen LogP contribution is -2.15. The molecule has 2 heterocycles. The Balaban J connectivity index is 1.99. The lowest BCUT2D eigenvalue weighted by molar-refractivity contribution is 1.14. The first-order valence-corrected chi connectivity index (χ1v) is 7.46. The third kappa shape index (κ3) is 2.67. The van der Waals surface area contributed by atoms with Gasteiger partial charge in [0.05, 0.1) is 17.9 Å². The number of aromatic nitrogens is 2. The van der Waals surface area contributed by atoms with Crippen LogP contribution in [0.1, 0.15) is 5.56 Å². The molecule has 0 aliphatic heterocycles. The normalized spacial score (nSPS) is 10.4. The monoisotopic (exact) mass is 308 g/mol. The molecular formula is C16H12N4OS. The molecule has 2 aromatic heterocycles. The first-order chi connectivity index (χ1) is 10.7. The Morgan fingerprint density at radius 3 is 2.77 bits per heavy atom. The predicted molar refractivity (Wildman–Crippen MR) is 87.5 cm³/mol. The quantitative estimate of drug-likeness (QED) is 0.744. The van der Waals surface area contributed by atoms with Crippen LogP contribution in [0, 0.1) is 11.3 Å². The molecule has 108 valence electrons. The minimum Gasteiger partial charge on any atom is -0.321 e. The molecule has 0 aliphatic rings. The zero-order chi connectivity index (χ0) is 15.5. The summed E-state index contributed by atoms with van der Waals surface area (Å²) in [5.74, 6) is 0. The van der Waals surface area contributed by atoms with Gasteiger partial charge in [-0.15, -0.1) is 0 Å². The summed E-state index contributed by atoms with van der Waals surface area (Å²) in [5, 5.41) is 9.82. The van der Waals surface area contributed by atoms with Crippen molar-refractivity contribution in [3.05, 3.63) is 58.5 Å². The van der Waals surface area contributed by atoms with Crippen molar-refractivity contribution >= 4 is 32.4 Å². The number of fused-ring (bicyclic) bond motifs is 1. The molecule has 0 aliphatic carbocycles. The van der Waals surface area contributed by atoms with E-state index in [-0.39, 0.29) is 5.56 Å². The molecule has 0 amide bonds. The van der Waals surface area contributed by atoms with Crippen LogP contribution in [-0.4, -0.2) is 17.0 Å². The van der Waals surface area contributed by atoms with Crippen molar-refractivity contribution in [1.29, 1.82) is 5.26 Å². The number of nitriles is 1. The van der Waals surface area contributed by atoms with E-state index in [1.54, 1.807) is 18.3 Å². The van der Waals surface area contributed by atoms with Crippen molar-refractivity contribution in [3.63, 3.8) is 0 Å². The van der Waals surface area contributed by atoms with Crippen molar-refractivity contribution in [3.8, 4) is 6.07 Å². The molecule has 0 saturated carbocycles. The Bertz CT molecular complexity index is 912. The van der Waals surface area contributed by atoms with Crippen LogP contribution in [0.2, 0.25) is 0 Å². The summed E-state index contributed by atoms with van der Waals surface area (Å²) in [6.45, 7) is 0. The first-order valence-electron chi connectivity index (χ1n) is 6.64. The van der Waals surface area contributed by atoms with Gasteiger partial charge in [-0.25, -0.2) is 4.98 Å². The molecular weight excluding hydrogens is 296 g/mol. The molecule has 0 unspecified atom stereocenters. The summed E-state index contributed by atoms with van der Waals surface area (Å²) >= 11 is 1.37. The van der Waals surface area contributed by atoms with E-state index in [0.29, 0.717) is 21.8 Å². The number of benzene rings is 1. The average Bonchev–Trinajstić information content (AvgIpc) is 2.55. The zero-order valence-corrected chi connectivity index (χ0v) is 12.7. The van der Waals surface area contributed by atoms with E-state index in [0.717, 1.165) is 11.3 Å². The number of pyridine rings is 1. The van der Waals surface area contributed by atoms with Crippen LogP contribution in [0.15, 0.2) is 47.4 Å². The van der Waals surface area contributed by atoms with Gasteiger partial charge in [-0.2, -0.15) is 10.2 Å². The van der Waals surface area contributed by atoms with Gasteiger partial charge in [0.15, 0.2) is 5.13 Å². The Labute approximate surface area is 131 Å². The highest BCUT2D eigenvalue weighted by Gasteiger charge is 2.10. The van der Waals surface area contributed by atoms with Gasteiger partial charge >= 0.3 is 0 Å². The summed E-state index contributed by atoms with van der Waals surface area (Å²) in [5.41, 5.74) is 1.59. The van der Waals surface area contributed by atoms with Crippen molar-refractivity contribution in [1.82, 2.24) is 9.97 Å². The fourth-order valence-electron chi connectivity index (χ4n) is 2.07. The largest absolute Gasteiger partial charge is 0.321 e. The van der Waals surface area contributed by atoms with Gasteiger partial charge in [-0.05, 0) is 29.8 Å². The molecule has 5 nitrogen and oxygen atoms in total. The molecule has 0 fully saturated rings. The topological polar surface area (TPSA) is 69.9 Å². The van der Waals surface area contributed by atoms with Crippen LogP contribution in [0.5, 0.6) is 0 Å². The van der Waals surface area contributed by atoms with Crippen molar-refractivity contribution in [2.75, 3.05) is 11.9 Å². The molecule has 0 N–H and O–H groups in total. The number of hydrogen-bond acceptors (Lipinski definition) is 6. The van der Waals surface area contributed by atoms with Crippen molar-refractivity contribution < 1.29 is 0 Å².